The summed E-state index contributed by atoms with van der Waals surface area (Å²) in [7, 11) is 0. The van der Waals surface area contributed by atoms with Crippen LogP contribution >= 0.6 is 0 Å². The first-order valence-corrected chi connectivity index (χ1v) is 10.4. The third-order valence-electron chi connectivity index (χ3n) is 4.62. The summed E-state index contributed by atoms with van der Waals surface area (Å²) < 4.78 is 17.5. The normalized spacial score (nSPS) is 12.0. The molecule has 0 saturated carbocycles. The molecule has 2 aromatic rings. The zero-order valence-corrected chi connectivity index (χ0v) is 19.2. The van der Waals surface area contributed by atoms with E-state index >= 15 is 0 Å². The fraction of sp³-hybridized carbons (Fsp3) is 0.458. The zero-order valence-electron chi connectivity index (χ0n) is 19.2. The standard InChI is InChI=1S/C24H31N3O4/c1-7-13-29-23(28)31-16-30-22(21-14-17(3)26-27(21)8-2)20(15-25)18-9-11-19(12-10-18)24(4,5)6/h9-12,14H,7-8,13,16H2,1-6H3/b22-20-. The van der Waals surface area contributed by atoms with Gasteiger partial charge in [0.15, 0.2) is 5.76 Å². The lowest BCUT2D eigenvalue weighted by Crippen LogP contribution is -2.13. The van der Waals surface area contributed by atoms with Crippen molar-refractivity contribution < 1.29 is 19.0 Å². The Hall–Kier alpha value is -3.27. The minimum atomic E-state index is -0.811. The fourth-order valence-electron chi connectivity index (χ4n) is 2.99. The molecule has 0 aliphatic rings. The van der Waals surface area contributed by atoms with E-state index in [0.29, 0.717) is 35.6 Å². The Bertz CT molecular complexity index is 960. The average molecular weight is 426 g/mol. The van der Waals surface area contributed by atoms with Crippen molar-refractivity contribution in [2.75, 3.05) is 13.4 Å². The Morgan fingerprint density at radius 1 is 1.13 bits per heavy atom. The van der Waals surface area contributed by atoms with Gasteiger partial charge in [0.05, 0.1) is 12.3 Å². The van der Waals surface area contributed by atoms with Crippen LogP contribution in [0.15, 0.2) is 30.3 Å². The molecule has 0 spiro atoms. The van der Waals surface area contributed by atoms with Crippen molar-refractivity contribution in [3.8, 4) is 6.07 Å². The van der Waals surface area contributed by atoms with Gasteiger partial charge < -0.3 is 14.2 Å². The molecular weight excluding hydrogens is 394 g/mol. The highest BCUT2D eigenvalue weighted by atomic mass is 16.8. The largest absolute Gasteiger partial charge is 0.511 e. The van der Waals surface area contributed by atoms with Crippen LogP contribution in [-0.2, 0) is 26.2 Å². The molecule has 0 N–H and O–H groups in total. The van der Waals surface area contributed by atoms with Gasteiger partial charge in [-0.3, -0.25) is 4.68 Å². The predicted octanol–water partition coefficient (Wildman–Crippen LogP) is 5.44. The highest BCUT2D eigenvalue weighted by Gasteiger charge is 2.20. The van der Waals surface area contributed by atoms with Gasteiger partial charge in [-0.2, -0.15) is 10.4 Å². The molecule has 1 aromatic carbocycles. The van der Waals surface area contributed by atoms with Gasteiger partial charge in [0.2, 0.25) is 6.79 Å². The number of benzene rings is 1. The van der Waals surface area contributed by atoms with Crippen molar-refractivity contribution in [3.05, 3.63) is 52.8 Å². The monoisotopic (exact) mass is 425 g/mol. The van der Waals surface area contributed by atoms with Crippen LogP contribution in [0.4, 0.5) is 4.79 Å². The van der Waals surface area contributed by atoms with Crippen molar-refractivity contribution >= 4 is 17.5 Å². The van der Waals surface area contributed by atoms with Gasteiger partial charge in [-0.15, -0.1) is 0 Å². The maximum Gasteiger partial charge on any atom is 0.511 e. The molecule has 0 aliphatic heterocycles. The van der Waals surface area contributed by atoms with E-state index in [1.807, 2.05) is 51.1 Å². The van der Waals surface area contributed by atoms with E-state index < -0.39 is 6.16 Å². The van der Waals surface area contributed by atoms with Crippen LogP contribution in [-0.4, -0.2) is 29.3 Å². The number of hydrogen-bond acceptors (Lipinski definition) is 6. The number of hydrogen-bond donors (Lipinski definition) is 0. The van der Waals surface area contributed by atoms with Gasteiger partial charge in [-0.25, -0.2) is 4.79 Å². The Kier molecular flexibility index (Phi) is 8.26. The van der Waals surface area contributed by atoms with Crippen LogP contribution in [0, 0.1) is 18.3 Å². The first-order chi connectivity index (χ1) is 14.7. The number of allylic oxidation sites excluding steroid dienone is 1. The summed E-state index contributed by atoms with van der Waals surface area (Å²) in [6, 6.07) is 11.9. The maximum atomic E-state index is 11.7. The Morgan fingerprint density at radius 3 is 2.35 bits per heavy atom. The molecule has 7 nitrogen and oxygen atoms in total. The lowest BCUT2D eigenvalue weighted by Gasteiger charge is -2.19. The number of aryl methyl sites for hydroxylation is 2. The van der Waals surface area contributed by atoms with Gasteiger partial charge in [-0.1, -0.05) is 52.0 Å². The highest BCUT2D eigenvalue weighted by Crippen LogP contribution is 2.30. The Labute approximate surface area is 184 Å². The lowest BCUT2D eigenvalue weighted by atomic mass is 9.86. The average Bonchev–Trinajstić information content (AvgIpc) is 3.11. The molecule has 31 heavy (non-hydrogen) atoms. The molecule has 1 aromatic heterocycles. The number of rotatable bonds is 8. The molecule has 0 aliphatic carbocycles. The summed E-state index contributed by atoms with van der Waals surface area (Å²) in [4.78, 5) is 11.7. The summed E-state index contributed by atoms with van der Waals surface area (Å²) in [6.45, 7) is 12.6. The van der Waals surface area contributed by atoms with Crippen molar-refractivity contribution in [2.24, 2.45) is 0 Å². The molecule has 0 radical (unpaired) electrons. The van der Waals surface area contributed by atoms with Crippen molar-refractivity contribution in [2.45, 2.75) is 59.9 Å². The Balaban J connectivity index is 2.44. The molecule has 7 heteroatoms. The van der Waals surface area contributed by atoms with Crippen molar-refractivity contribution in [3.63, 3.8) is 0 Å². The highest BCUT2D eigenvalue weighted by molar-refractivity contribution is 5.94. The van der Waals surface area contributed by atoms with E-state index in [1.165, 1.54) is 0 Å². The summed E-state index contributed by atoms with van der Waals surface area (Å²) in [6.07, 6.45) is -0.117. The minimum absolute atomic E-state index is 0.000979. The molecule has 0 unspecified atom stereocenters. The van der Waals surface area contributed by atoms with E-state index in [-0.39, 0.29) is 18.8 Å². The van der Waals surface area contributed by atoms with Crippen LogP contribution in [0.5, 0.6) is 0 Å². The van der Waals surface area contributed by atoms with E-state index in [2.05, 4.69) is 31.9 Å². The van der Waals surface area contributed by atoms with E-state index in [9.17, 15) is 10.1 Å². The van der Waals surface area contributed by atoms with E-state index in [1.54, 1.807) is 4.68 Å². The third kappa shape index (κ3) is 6.35. The molecule has 2 rings (SSSR count). The first-order valence-electron chi connectivity index (χ1n) is 10.4. The lowest BCUT2D eigenvalue weighted by molar-refractivity contribution is -0.00559. The number of nitrogens with zero attached hydrogens (tertiary/aromatic N) is 3. The van der Waals surface area contributed by atoms with Crippen LogP contribution in [0.25, 0.3) is 11.3 Å². The van der Waals surface area contributed by atoms with Crippen LogP contribution < -0.4 is 0 Å². The van der Waals surface area contributed by atoms with Gasteiger partial charge in [0.25, 0.3) is 0 Å². The first kappa shape index (κ1) is 24.0. The summed E-state index contributed by atoms with van der Waals surface area (Å²) >= 11 is 0. The fourth-order valence-corrected chi connectivity index (χ4v) is 2.99. The van der Waals surface area contributed by atoms with E-state index in [4.69, 9.17) is 14.2 Å². The molecule has 0 bridgehead atoms. The zero-order chi connectivity index (χ0) is 23.0. The summed E-state index contributed by atoms with van der Waals surface area (Å²) in [5, 5.41) is 14.4. The second-order valence-electron chi connectivity index (χ2n) is 8.13. The molecule has 0 atom stereocenters. The summed E-state index contributed by atoms with van der Waals surface area (Å²) in [5.74, 6) is 0.303. The van der Waals surface area contributed by atoms with Gasteiger partial charge in [0, 0.05) is 6.54 Å². The van der Waals surface area contributed by atoms with E-state index in [0.717, 1.165) is 11.3 Å². The van der Waals surface area contributed by atoms with Crippen LogP contribution in [0.1, 0.15) is 63.6 Å². The molecule has 0 fully saturated rings. The smallest absolute Gasteiger partial charge is 0.454 e. The van der Waals surface area contributed by atoms with Gasteiger partial charge in [0.1, 0.15) is 17.3 Å². The molecular formula is C24H31N3O4. The maximum absolute atomic E-state index is 11.7. The SMILES string of the molecule is CCCOC(=O)OCO/C(=C(/C#N)c1ccc(C(C)(C)C)cc1)c1cc(C)nn1CC. The molecule has 1 heterocycles. The number of carbonyl (C=O) groups is 1. The van der Waals surface area contributed by atoms with Crippen molar-refractivity contribution in [1.29, 1.82) is 5.26 Å². The quantitative estimate of drug-likeness (QED) is 0.242. The molecule has 166 valence electrons. The minimum Gasteiger partial charge on any atom is -0.454 e. The van der Waals surface area contributed by atoms with Gasteiger partial charge >= 0.3 is 6.16 Å². The number of nitriles is 1. The number of aromatic nitrogens is 2. The molecule has 0 saturated heterocycles. The van der Waals surface area contributed by atoms with Crippen molar-refractivity contribution in [1.82, 2.24) is 9.78 Å². The van der Waals surface area contributed by atoms with Gasteiger partial charge in [-0.05, 0) is 42.9 Å². The second-order valence-corrected chi connectivity index (χ2v) is 8.13. The van der Waals surface area contributed by atoms with Crippen LogP contribution in [0.2, 0.25) is 0 Å². The topological polar surface area (TPSA) is 86.4 Å². The number of ether oxygens (including phenoxy) is 3. The van der Waals surface area contributed by atoms with Crippen LogP contribution in [0.3, 0.4) is 0 Å². The Morgan fingerprint density at radius 2 is 1.81 bits per heavy atom. The number of carbonyl (C=O) groups excluding carboxylic acids is 1. The third-order valence-corrected chi connectivity index (χ3v) is 4.62. The molecule has 0 amide bonds. The second kappa shape index (κ2) is 10.7. The predicted molar refractivity (Wildman–Crippen MR) is 119 cm³/mol. The summed E-state index contributed by atoms with van der Waals surface area (Å²) in [5.41, 5.74) is 3.64.